The van der Waals surface area contributed by atoms with E-state index in [0.29, 0.717) is 6.42 Å². The van der Waals surface area contributed by atoms with Crippen LogP contribution >= 0.6 is 0 Å². The zero-order chi connectivity index (χ0) is 14.5. The van der Waals surface area contributed by atoms with Gasteiger partial charge in [-0.2, -0.15) is 0 Å². The van der Waals surface area contributed by atoms with E-state index >= 15 is 0 Å². The number of carbonyl (C=O) groups is 1. The molecular formula is C17H18O3. The summed E-state index contributed by atoms with van der Waals surface area (Å²) in [4.78, 5) is 11.7. The summed E-state index contributed by atoms with van der Waals surface area (Å²) in [5.74, 6) is 1.64. The van der Waals surface area contributed by atoms with E-state index in [1.807, 2.05) is 49.4 Å². The molecule has 0 aliphatic rings. The fourth-order valence-electron chi connectivity index (χ4n) is 2.16. The van der Waals surface area contributed by atoms with Crippen LogP contribution in [0.3, 0.4) is 0 Å². The SMILES string of the molecule is CCC(=O)c1ccc(-c2c(OC)cccc2OC)cc1. The Labute approximate surface area is 119 Å². The lowest BCUT2D eigenvalue weighted by Crippen LogP contribution is -1.97. The highest BCUT2D eigenvalue weighted by molar-refractivity contribution is 5.96. The van der Waals surface area contributed by atoms with E-state index in [4.69, 9.17) is 9.47 Å². The van der Waals surface area contributed by atoms with Gasteiger partial charge >= 0.3 is 0 Å². The van der Waals surface area contributed by atoms with Crippen molar-refractivity contribution in [1.82, 2.24) is 0 Å². The Morgan fingerprint density at radius 1 is 0.950 bits per heavy atom. The number of rotatable bonds is 5. The molecule has 0 N–H and O–H groups in total. The first-order chi connectivity index (χ1) is 9.71. The molecular weight excluding hydrogens is 252 g/mol. The molecule has 0 heterocycles. The first-order valence-corrected chi connectivity index (χ1v) is 6.55. The molecule has 104 valence electrons. The van der Waals surface area contributed by atoms with Crippen LogP contribution in [-0.2, 0) is 0 Å². The number of Topliss-reactive ketones (excluding diaryl/α,β-unsaturated/α-hetero) is 1. The van der Waals surface area contributed by atoms with Crippen molar-refractivity contribution in [2.24, 2.45) is 0 Å². The summed E-state index contributed by atoms with van der Waals surface area (Å²) in [7, 11) is 3.26. The van der Waals surface area contributed by atoms with E-state index in [1.165, 1.54) is 0 Å². The Hall–Kier alpha value is -2.29. The number of hydrogen-bond donors (Lipinski definition) is 0. The summed E-state index contributed by atoms with van der Waals surface area (Å²) >= 11 is 0. The van der Waals surface area contributed by atoms with Gasteiger partial charge in [-0.05, 0) is 17.7 Å². The van der Waals surface area contributed by atoms with E-state index < -0.39 is 0 Å². The molecule has 0 aromatic heterocycles. The van der Waals surface area contributed by atoms with Gasteiger partial charge in [-0.25, -0.2) is 0 Å². The highest BCUT2D eigenvalue weighted by Crippen LogP contribution is 2.38. The summed E-state index contributed by atoms with van der Waals surface area (Å²) in [5, 5.41) is 0. The van der Waals surface area contributed by atoms with Gasteiger partial charge in [0.25, 0.3) is 0 Å². The van der Waals surface area contributed by atoms with Gasteiger partial charge in [-0.3, -0.25) is 4.79 Å². The smallest absolute Gasteiger partial charge is 0.162 e. The van der Waals surface area contributed by atoms with Gasteiger partial charge in [0.1, 0.15) is 11.5 Å². The molecule has 2 aromatic rings. The number of methoxy groups -OCH3 is 2. The number of ketones is 1. The van der Waals surface area contributed by atoms with Crippen molar-refractivity contribution in [2.75, 3.05) is 14.2 Å². The van der Waals surface area contributed by atoms with E-state index in [1.54, 1.807) is 14.2 Å². The maximum absolute atomic E-state index is 11.7. The van der Waals surface area contributed by atoms with E-state index in [2.05, 4.69) is 0 Å². The molecule has 2 rings (SSSR count). The molecule has 0 fully saturated rings. The van der Waals surface area contributed by atoms with Gasteiger partial charge in [0.2, 0.25) is 0 Å². The third-order valence-electron chi connectivity index (χ3n) is 3.24. The highest BCUT2D eigenvalue weighted by atomic mass is 16.5. The normalized spacial score (nSPS) is 10.2. The summed E-state index contributed by atoms with van der Waals surface area (Å²) < 4.78 is 10.8. The molecule has 3 nitrogen and oxygen atoms in total. The second kappa shape index (κ2) is 6.24. The van der Waals surface area contributed by atoms with Gasteiger partial charge in [-0.15, -0.1) is 0 Å². The molecule has 0 atom stereocenters. The molecule has 0 saturated carbocycles. The van der Waals surface area contributed by atoms with Crippen molar-refractivity contribution in [3.8, 4) is 22.6 Å². The van der Waals surface area contributed by atoms with Crippen LogP contribution in [0.5, 0.6) is 11.5 Å². The highest BCUT2D eigenvalue weighted by Gasteiger charge is 2.12. The fourth-order valence-corrected chi connectivity index (χ4v) is 2.16. The average molecular weight is 270 g/mol. The van der Waals surface area contributed by atoms with E-state index in [-0.39, 0.29) is 5.78 Å². The Balaban J connectivity index is 2.48. The van der Waals surface area contributed by atoms with Crippen LogP contribution in [0.1, 0.15) is 23.7 Å². The predicted molar refractivity (Wildman–Crippen MR) is 79.6 cm³/mol. The zero-order valence-corrected chi connectivity index (χ0v) is 12.0. The van der Waals surface area contributed by atoms with E-state index in [0.717, 1.165) is 28.2 Å². The van der Waals surface area contributed by atoms with Gasteiger partial charge in [0, 0.05) is 12.0 Å². The third kappa shape index (κ3) is 2.67. The number of carbonyl (C=O) groups excluding carboxylic acids is 1. The Bertz CT molecular complexity index is 578. The van der Waals surface area contributed by atoms with Crippen molar-refractivity contribution < 1.29 is 14.3 Å². The molecule has 0 radical (unpaired) electrons. The van der Waals surface area contributed by atoms with Crippen LogP contribution in [0.25, 0.3) is 11.1 Å². The van der Waals surface area contributed by atoms with Gasteiger partial charge in [-0.1, -0.05) is 37.3 Å². The van der Waals surface area contributed by atoms with Gasteiger partial charge < -0.3 is 9.47 Å². The predicted octanol–water partition coefficient (Wildman–Crippen LogP) is 3.96. The summed E-state index contributed by atoms with van der Waals surface area (Å²) in [5.41, 5.74) is 2.59. The van der Waals surface area contributed by atoms with Crippen LogP contribution < -0.4 is 9.47 Å². The second-order valence-electron chi connectivity index (χ2n) is 4.39. The molecule has 2 aromatic carbocycles. The van der Waals surface area contributed by atoms with Crippen molar-refractivity contribution in [2.45, 2.75) is 13.3 Å². The van der Waals surface area contributed by atoms with Crippen molar-refractivity contribution in [1.29, 1.82) is 0 Å². The maximum Gasteiger partial charge on any atom is 0.162 e. The van der Waals surface area contributed by atoms with Gasteiger partial charge in [0.15, 0.2) is 5.78 Å². The number of benzene rings is 2. The molecule has 20 heavy (non-hydrogen) atoms. The van der Waals surface area contributed by atoms with Crippen LogP contribution in [0, 0.1) is 0 Å². The van der Waals surface area contributed by atoms with Crippen LogP contribution in [0.15, 0.2) is 42.5 Å². The van der Waals surface area contributed by atoms with Crippen molar-refractivity contribution >= 4 is 5.78 Å². The Morgan fingerprint density at radius 3 is 1.95 bits per heavy atom. The summed E-state index contributed by atoms with van der Waals surface area (Å²) in [6.45, 7) is 1.86. The average Bonchev–Trinajstić information content (AvgIpc) is 2.53. The molecule has 0 bridgehead atoms. The molecule has 3 heteroatoms. The lowest BCUT2D eigenvalue weighted by Gasteiger charge is -2.13. The minimum Gasteiger partial charge on any atom is -0.496 e. The minimum absolute atomic E-state index is 0.142. The minimum atomic E-state index is 0.142. The molecule has 0 spiro atoms. The monoisotopic (exact) mass is 270 g/mol. The molecule has 0 aliphatic carbocycles. The molecule has 0 aliphatic heterocycles. The topological polar surface area (TPSA) is 35.5 Å². The van der Waals surface area contributed by atoms with E-state index in [9.17, 15) is 4.79 Å². The molecule has 0 unspecified atom stereocenters. The van der Waals surface area contributed by atoms with Gasteiger partial charge in [0.05, 0.1) is 19.8 Å². The number of ether oxygens (including phenoxy) is 2. The Morgan fingerprint density at radius 2 is 1.50 bits per heavy atom. The van der Waals surface area contributed by atoms with Crippen molar-refractivity contribution in [3.63, 3.8) is 0 Å². The molecule has 0 saturated heterocycles. The summed E-state index contributed by atoms with van der Waals surface area (Å²) in [6, 6.07) is 13.2. The van der Waals surface area contributed by atoms with Crippen LogP contribution in [0.4, 0.5) is 0 Å². The van der Waals surface area contributed by atoms with Crippen LogP contribution in [-0.4, -0.2) is 20.0 Å². The summed E-state index contributed by atoms with van der Waals surface area (Å²) in [6.07, 6.45) is 0.511. The largest absolute Gasteiger partial charge is 0.496 e. The van der Waals surface area contributed by atoms with Crippen molar-refractivity contribution in [3.05, 3.63) is 48.0 Å². The zero-order valence-electron chi connectivity index (χ0n) is 12.0. The first-order valence-electron chi connectivity index (χ1n) is 6.55. The first kappa shape index (κ1) is 14.1. The van der Waals surface area contributed by atoms with Crippen LogP contribution in [0.2, 0.25) is 0 Å². The standard InChI is InChI=1S/C17H18O3/c1-4-14(18)12-8-10-13(11-9-12)17-15(19-2)6-5-7-16(17)20-3/h5-11H,4H2,1-3H3. The Kier molecular flexibility index (Phi) is 4.41. The lowest BCUT2D eigenvalue weighted by atomic mass is 10.00. The third-order valence-corrected chi connectivity index (χ3v) is 3.24. The quantitative estimate of drug-likeness (QED) is 0.771. The fraction of sp³-hybridized carbons (Fsp3) is 0.235. The second-order valence-corrected chi connectivity index (χ2v) is 4.39. The maximum atomic E-state index is 11.7. The lowest BCUT2D eigenvalue weighted by molar-refractivity contribution is 0.0988. The number of hydrogen-bond acceptors (Lipinski definition) is 3. The molecule has 0 amide bonds.